The summed E-state index contributed by atoms with van der Waals surface area (Å²) >= 11 is 6.18. The number of nitrogens with zero attached hydrogens (tertiary/aromatic N) is 1. The number of likely N-dealkylation sites (N-methyl/N-ethyl adjacent to an activating group) is 1. The average molecular weight is 249 g/mol. The summed E-state index contributed by atoms with van der Waals surface area (Å²) in [5.41, 5.74) is 0. The molecule has 0 spiro atoms. The van der Waals surface area contributed by atoms with Crippen LogP contribution in [0.25, 0.3) is 0 Å². The van der Waals surface area contributed by atoms with Crippen molar-refractivity contribution in [3.63, 3.8) is 0 Å². The minimum Gasteiger partial charge on any atom is -0.374 e. The van der Waals surface area contributed by atoms with E-state index in [1.807, 2.05) is 0 Å². The van der Waals surface area contributed by atoms with Crippen molar-refractivity contribution in [2.75, 3.05) is 39.3 Å². The molecular weight excluding hydrogens is 224 g/mol. The minimum absolute atomic E-state index is 0.214. The number of alkyl halides is 1. The molecule has 1 N–H and O–H groups in total. The van der Waals surface area contributed by atoms with Crippen LogP contribution in [0.15, 0.2) is 0 Å². The molecule has 1 heterocycles. The lowest BCUT2D eigenvalue weighted by atomic mass is 10.1. The van der Waals surface area contributed by atoms with Crippen LogP contribution in [0, 0.1) is 5.92 Å². The second-order valence-electron chi connectivity index (χ2n) is 4.80. The summed E-state index contributed by atoms with van der Waals surface area (Å²) in [7, 11) is 0. The van der Waals surface area contributed by atoms with Crippen LogP contribution in [-0.4, -0.2) is 55.7 Å². The first kappa shape index (κ1) is 14.2. The van der Waals surface area contributed by atoms with E-state index in [1.54, 1.807) is 0 Å². The van der Waals surface area contributed by atoms with Crippen LogP contribution in [0.3, 0.4) is 0 Å². The predicted octanol–water partition coefficient (Wildman–Crippen LogP) is 1.56. The first-order chi connectivity index (χ1) is 7.63. The van der Waals surface area contributed by atoms with E-state index in [2.05, 4.69) is 31.0 Å². The van der Waals surface area contributed by atoms with Gasteiger partial charge in [-0.3, -0.25) is 4.90 Å². The van der Waals surface area contributed by atoms with E-state index in [0.29, 0.717) is 12.0 Å². The van der Waals surface area contributed by atoms with Gasteiger partial charge in [0.2, 0.25) is 0 Å². The Morgan fingerprint density at radius 3 is 2.88 bits per heavy atom. The van der Waals surface area contributed by atoms with Crippen LogP contribution in [0.5, 0.6) is 0 Å². The lowest BCUT2D eigenvalue weighted by molar-refractivity contribution is -0.0252. The summed E-state index contributed by atoms with van der Waals surface area (Å²) < 4.78 is 5.71. The Labute approximate surface area is 104 Å². The lowest BCUT2D eigenvalue weighted by Gasteiger charge is -2.32. The zero-order valence-corrected chi connectivity index (χ0v) is 11.5. The maximum Gasteiger partial charge on any atom is 0.0826 e. The molecule has 0 aliphatic carbocycles. The third-order valence-electron chi connectivity index (χ3n) is 3.10. The topological polar surface area (TPSA) is 24.5 Å². The largest absolute Gasteiger partial charge is 0.374 e. The lowest BCUT2D eigenvalue weighted by Crippen LogP contribution is -2.47. The molecule has 0 amide bonds. The van der Waals surface area contributed by atoms with Gasteiger partial charge in [-0.1, -0.05) is 20.8 Å². The fourth-order valence-electron chi connectivity index (χ4n) is 1.81. The summed E-state index contributed by atoms with van der Waals surface area (Å²) in [5.74, 6) is 0.522. The van der Waals surface area contributed by atoms with Crippen LogP contribution >= 0.6 is 11.6 Å². The highest BCUT2D eigenvalue weighted by atomic mass is 35.5. The number of ether oxygens (including phenoxy) is 1. The van der Waals surface area contributed by atoms with Gasteiger partial charge in [-0.05, 0) is 12.5 Å². The number of halogens is 1. The molecule has 96 valence electrons. The van der Waals surface area contributed by atoms with Crippen molar-refractivity contribution in [1.82, 2.24) is 10.2 Å². The molecule has 0 aromatic rings. The van der Waals surface area contributed by atoms with Gasteiger partial charge in [-0.2, -0.15) is 0 Å². The molecule has 16 heavy (non-hydrogen) atoms. The third-order valence-corrected chi connectivity index (χ3v) is 3.76. The van der Waals surface area contributed by atoms with Gasteiger partial charge in [0.15, 0.2) is 0 Å². The van der Waals surface area contributed by atoms with E-state index in [9.17, 15) is 0 Å². The highest BCUT2D eigenvalue weighted by Crippen LogP contribution is 2.08. The van der Waals surface area contributed by atoms with E-state index in [0.717, 1.165) is 39.3 Å². The van der Waals surface area contributed by atoms with Gasteiger partial charge in [0.25, 0.3) is 0 Å². The molecule has 0 radical (unpaired) electrons. The Bertz CT molecular complexity index is 190. The molecule has 0 aromatic carbocycles. The Morgan fingerprint density at radius 1 is 1.50 bits per heavy atom. The Hall–Kier alpha value is 0.170. The van der Waals surface area contributed by atoms with Crippen LogP contribution in [0.1, 0.15) is 20.8 Å². The predicted molar refractivity (Wildman–Crippen MR) is 69.2 cm³/mol. The van der Waals surface area contributed by atoms with E-state index in [-0.39, 0.29) is 5.38 Å². The summed E-state index contributed by atoms with van der Waals surface area (Å²) in [6.07, 6.45) is 0.324. The van der Waals surface area contributed by atoms with Gasteiger partial charge < -0.3 is 10.1 Å². The molecule has 1 aliphatic rings. The van der Waals surface area contributed by atoms with Crippen molar-refractivity contribution >= 4 is 11.6 Å². The molecule has 0 saturated carbocycles. The molecule has 2 unspecified atom stereocenters. The molecule has 1 saturated heterocycles. The minimum atomic E-state index is 0.214. The molecule has 0 bridgehead atoms. The molecule has 1 fully saturated rings. The maximum atomic E-state index is 6.18. The van der Waals surface area contributed by atoms with E-state index in [4.69, 9.17) is 16.3 Å². The second kappa shape index (κ2) is 7.49. The number of hydrogen-bond donors (Lipinski definition) is 1. The molecule has 4 heteroatoms. The second-order valence-corrected chi connectivity index (χ2v) is 5.36. The molecule has 1 rings (SSSR count). The fraction of sp³-hybridized carbons (Fsp3) is 1.00. The number of rotatable bonds is 6. The molecule has 3 nitrogen and oxygen atoms in total. The van der Waals surface area contributed by atoms with Crippen molar-refractivity contribution in [1.29, 1.82) is 0 Å². The molecule has 1 aliphatic heterocycles. The van der Waals surface area contributed by atoms with Gasteiger partial charge in [-0.15, -0.1) is 11.6 Å². The Morgan fingerprint density at radius 2 is 2.25 bits per heavy atom. The van der Waals surface area contributed by atoms with Crippen molar-refractivity contribution in [2.45, 2.75) is 32.3 Å². The van der Waals surface area contributed by atoms with Crippen LogP contribution < -0.4 is 5.32 Å². The summed E-state index contributed by atoms with van der Waals surface area (Å²) in [6.45, 7) is 12.3. The number of nitrogens with one attached hydrogen (secondary N) is 1. The maximum absolute atomic E-state index is 6.18. The van der Waals surface area contributed by atoms with E-state index < -0.39 is 0 Å². The highest BCUT2D eigenvalue weighted by molar-refractivity contribution is 6.20. The van der Waals surface area contributed by atoms with E-state index >= 15 is 0 Å². The Balaban J connectivity index is 2.12. The van der Waals surface area contributed by atoms with Crippen molar-refractivity contribution < 1.29 is 4.74 Å². The van der Waals surface area contributed by atoms with Crippen molar-refractivity contribution in [3.05, 3.63) is 0 Å². The molecular formula is C12H25ClN2O. The first-order valence-electron chi connectivity index (χ1n) is 6.32. The van der Waals surface area contributed by atoms with Crippen LogP contribution in [0.2, 0.25) is 0 Å². The highest BCUT2D eigenvalue weighted by Gasteiger charge is 2.19. The Kier molecular flexibility index (Phi) is 6.66. The quantitative estimate of drug-likeness (QED) is 0.722. The zero-order chi connectivity index (χ0) is 12.0. The third kappa shape index (κ3) is 5.00. The van der Waals surface area contributed by atoms with Crippen molar-refractivity contribution in [2.24, 2.45) is 5.92 Å². The van der Waals surface area contributed by atoms with Gasteiger partial charge >= 0.3 is 0 Å². The summed E-state index contributed by atoms with van der Waals surface area (Å²) in [5, 5.41) is 3.61. The number of morpholine rings is 1. The average Bonchev–Trinajstić information content (AvgIpc) is 2.29. The van der Waals surface area contributed by atoms with E-state index in [1.165, 1.54) is 0 Å². The number of hydrogen-bond acceptors (Lipinski definition) is 3. The van der Waals surface area contributed by atoms with Crippen LogP contribution in [0.4, 0.5) is 0 Å². The molecule has 0 aromatic heterocycles. The summed E-state index contributed by atoms with van der Waals surface area (Å²) in [6, 6.07) is 0. The fourth-order valence-corrected chi connectivity index (χ4v) is 1.92. The monoisotopic (exact) mass is 248 g/mol. The van der Waals surface area contributed by atoms with Gasteiger partial charge in [0, 0.05) is 31.6 Å². The first-order valence-corrected chi connectivity index (χ1v) is 6.75. The van der Waals surface area contributed by atoms with Gasteiger partial charge in [0.05, 0.1) is 12.7 Å². The molecule has 2 atom stereocenters. The standard InChI is InChI=1S/C12H25ClN2O/c1-4-15-5-6-16-11(9-15)7-14-8-12(13)10(2)3/h10-12,14H,4-9H2,1-3H3. The normalized spacial score (nSPS) is 24.9. The SMILES string of the molecule is CCN1CCOC(CNCC(Cl)C(C)C)C1. The van der Waals surface area contributed by atoms with Gasteiger partial charge in [0.1, 0.15) is 0 Å². The van der Waals surface area contributed by atoms with Crippen LogP contribution in [-0.2, 0) is 4.74 Å². The zero-order valence-electron chi connectivity index (χ0n) is 10.7. The smallest absolute Gasteiger partial charge is 0.0826 e. The van der Waals surface area contributed by atoms with Crippen molar-refractivity contribution in [3.8, 4) is 0 Å². The summed E-state index contributed by atoms with van der Waals surface area (Å²) in [4.78, 5) is 2.43. The van der Waals surface area contributed by atoms with Gasteiger partial charge in [-0.25, -0.2) is 0 Å².